The molecule has 3 amide bonds. The zero-order chi connectivity index (χ0) is 16.8. The molecule has 1 aliphatic rings. The van der Waals surface area contributed by atoms with Gasteiger partial charge in [-0.05, 0) is 49.4 Å². The smallest absolute Gasteiger partial charge is 0.251 e. The molecule has 6 heteroatoms. The van der Waals surface area contributed by atoms with Gasteiger partial charge in [0, 0.05) is 30.1 Å². The van der Waals surface area contributed by atoms with Crippen LogP contribution in [-0.4, -0.2) is 24.3 Å². The minimum Gasteiger partial charge on any atom is -0.370 e. The van der Waals surface area contributed by atoms with Gasteiger partial charge >= 0.3 is 0 Å². The maximum absolute atomic E-state index is 11.9. The molecule has 1 aromatic rings. The van der Waals surface area contributed by atoms with E-state index >= 15 is 0 Å². The maximum Gasteiger partial charge on any atom is 0.251 e. The van der Waals surface area contributed by atoms with Crippen LogP contribution in [0.1, 0.15) is 43.0 Å². The topological polar surface area (TPSA) is 101 Å². The Morgan fingerprint density at radius 1 is 1.17 bits per heavy atom. The number of amides is 3. The highest BCUT2D eigenvalue weighted by Crippen LogP contribution is 2.38. The molecule has 4 N–H and O–H groups in total. The third kappa shape index (κ3) is 5.39. The van der Waals surface area contributed by atoms with E-state index in [1.807, 2.05) is 0 Å². The summed E-state index contributed by atoms with van der Waals surface area (Å²) in [6.45, 7) is 2.56. The Kier molecular flexibility index (Phi) is 5.73. The molecule has 2 atom stereocenters. The van der Waals surface area contributed by atoms with Gasteiger partial charge in [0.15, 0.2) is 0 Å². The Hall–Kier alpha value is -2.37. The summed E-state index contributed by atoms with van der Waals surface area (Å²) in [4.78, 5) is 34.4. The third-order valence-electron chi connectivity index (χ3n) is 4.00. The molecule has 0 radical (unpaired) electrons. The second kappa shape index (κ2) is 7.76. The molecule has 2 unspecified atom stereocenters. The Morgan fingerprint density at radius 2 is 1.83 bits per heavy atom. The van der Waals surface area contributed by atoms with Crippen LogP contribution in [0.3, 0.4) is 0 Å². The highest BCUT2D eigenvalue weighted by molar-refractivity contribution is 5.96. The van der Waals surface area contributed by atoms with Crippen molar-refractivity contribution in [3.05, 3.63) is 29.8 Å². The summed E-state index contributed by atoms with van der Waals surface area (Å²) in [5.74, 6) is 0.143. The van der Waals surface area contributed by atoms with Gasteiger partial charge < -0.3 is 16.4 Å². The number of rotatable bonds is 8. The van der Waals surface area contributed by atoms with E-state index in [0.717, 1.165) is 6.42 Å². The number of nitrogens with two attached hydrogens (primary N) is 1. The first-order chi connectivity index (χ1) is 11.0. The molecular formula is C17H23N3O3. The van der Waals surface area contributed by atoms with E-state index in [0.29, 0.717) is 43.0 Å². The van der Waals surface area contributed by atoms with Crippen molar-refractivity contribution in [2.24, 2.45) is 17.6 Å². The highest BCUT2D eigenvalue weighted by atomic mass is 16.2. The Labute approximate surface area is 135 Å². The molecule has 23 heavy (non-hydrogen) atoms. The molecule has 0 saturated heterocycles. The van der Waals surface area contributed by atoms with Gasteiger partial charge in [-0.15, -0.1) is 0 Å². The second-order valence-electron chi connectivity index (χ2n) is 6.07. The van der Waals surface area contributed by atoms with Gasteiger partial charge in [-0.1, -0.05) is 6.92 Å². The Balaban J connectivity index is 1.74. The van der Waals surface area contributed by atoms with E-state index in [4.69, 9.17) is 5.73 Å². The normalized spacial score (nSPS) is 19.0. The number of unbranched alkanes of at least 4 members (excludes halogenated alkanes) is 1. The van der Waals surface area contributed by atoms with Gasteiger partial charge in [-0.25, -0.2) is 0 Å². The lowest BCUT2D eigenvalue weighted by molar-refractivity contribution is -0.118. The Bertz CT molecular complexity index is 583. The number of hydrogen-bond acceptors (Lipinski definition) is 3. The molecule has 124 valence electrons. The molecule has 1 saturated carbocycles. The quantitative estimate of drug-likeness (QED) is 0.636. The monoisotopic (exact) mass is 317 g/mol. The molecule has 0 bridgehead atoms. The van der Waals surface area contributed by atoms with E-state index in [2.05, 4.69) is 17.6 Å². The van der Waals surface area contributed by atoms with Gasteiger partial charge in [0.05, 0.1) is 0 Å². The minimum atomic E-state index is -0.324. The fourth-order valence-corrected chi connectivity index (χ4v) is 2.36. The summed E-state index contributed by atoms with van der Waals surface area (Å²) in [5, 5.41) is 5.65. The van der Waals surface area contributed by atoms with Crippen molar-refractivity contribution < 1.29 is 14.4 Å². The van der Waals surface area contributed by atoms with Gasteiger partial charge in [0.2, 0.25) is 11.8 Å². The van der Waals surface area contributed by atoms with Crippen molar-refractivity contribution in [3.63, 3.8) is 0 Å². The fraction of sp³-hybridized carbons (Fsp3) is 0.471. The summed E-state index contributed by atoms with van der Waals surface area (Å²) in [5.41, 5.74) is 6.29. The average Bonchev–Trinajstić information content (AvgIpc) is 3.24. The zero-order valence-corrected chi connectivity index (χ0v) is 13.3. The van der Waals surface area contributed by atoms with Crippen molar-refractivity contribution in [3.8, 4) is 0 Å². The molecular weight excluding hydrogens is 294 g/mol. The lowest BCUT2D eigenvalue weighted by Crippen LogP contribution is -2.24. The summed E-state index contributed by atoms with van der Waals surface area (Å²) in [6.07, 6.45) is 2.66. The molecule has 0 spiro atoms. The van der Waals surface area contributed by atoms with Crippen LogP contribution < -0.4 is 16.4 Å². The van der Waals surface area contributed by atoms with Crippen LogP contribution in [0.5, 0.6) is 0 Å². The zero-order valence-electron chi connectivity index (χ0n) is 13.3. The van der Waals surface area contributed by atoms with Crippen molar-refractivity contribution >= 4 is 23.4 Å². The lowest BCUT2D eigenvalue weighted by atomic mass is 10.1. The van der Waals surface area contributed by atoms with Crippen molar-refractivity contribution in [2.45, 2.75) is 32.6 Å². The second-order valence-corrected chi connectivity index (χ2v) is 6.07. The first-order valence-electron chi connectivity index (χ1n) is 7.95. The fourth-order valence-electron chi connectivity index (χ4n) is 2.36. The number of anilines is 1. The molecule has 2 rings (SSSR count). The van der Waals surface area contributed by atoms with E-state index in [9.17, 15) is 14.4 Å². The van der Waals surface area contributed by atoms with E-state index in [1.54, 1.807) is 24.3 Å². The molecule has 0 aliphatic heterocycles. The van der Waals surface area contributed by atoms with Crippen LogP contribution in [0.2, 0.25) is 0 Å². The van der Waals surface area contributed by atoms with E-state index < -0.39 is 0 Å². The minimum absolute atomic E-state index is 0.0455. The van der Waals surface area contributed by atoms with Crippen molar-refractivity contribution in [1.29, 1.82) is 0 Å². The number of nitrogens with one attached hydrogen (secondary N) is 2. The molecule has 1 aromatic carbocycles. The van der Waals surface area contributed by atoms with Crippen LogP contribution in [0, 0.1) is 11.8 Å². The summed E-state index contributed by atoms with van der Waals surface area (Å²) in [7, 11) is 0. The molecule has 0 heterocycles. The van der Waals surface area contributed by atoms with Crippen LogP contribution >= 0.6 is 0 Å². The maximum atomic E-state index is 11.9. The van der Waals surface area contributed by atoms with Gasteiger partial charge in [0.25, 0.3) is 5.91 Å². The number of carbonyl (C=O) groups is 3. The first-order valence-corrected chi connectivity index (χ1v) is 7.95. The van der Waals surface area contributed by atoms with Crippen LogP contribution in [0.25, 0.3) is 0 Å². The van der Waals surface area contributed by atoms with E-state index in [-0.39, 0.29) is 23.6 Å². The Morgan fingerprint density at radius 3 is 2.39 bits per heavy atom. The highest BCUT2D eigenvalue weighted by Gasteiger charge is 2.38. The molecule has 1 aliphatic carbocycles. The molecule has 6 nitrogen and oxygen atoms in total. The number of benzene rings is 1. The summed E-state index contributed by atoms with van der Waals surface area (Å²) in [6, 6.07) is 6.83. The average molecular weight is 317 g/mol. The number of primary amides is 1. The standard InChI is InChI=1S/C17H23N3O3/c1-11-10-14(11)17(23)20-13-7-5-12(6-8-13)16(22)19-9-3-2-4-15(18)21/h5-8,11,14H,2-4,9-10H2,1H3,(H2,18,21)(H,19,22)(H,20,23). The van der Waals surface area contributed by atoms with Crippen molar-refractivity contribution in [2.75, 3.05) is 11.9 Å². The van der Waals surface area contributed by atoms with Gasteiger partial charge in [-0.3, -0.25) is 14.4 Å². The predicted molar refractivity (Wildman–Crippen MR) is 87.7 cm³/mol. The number of carbonyl (C=O) groups excluding carboxylic acids is 3. The molecule has 0 aromatic heterocycles. The number of hydrogen-bond donors (Lipinski definition) is 3. The van der Waals surface area contributed by atoms with Gasteiger partial charge in [-0.2, -0.15) is 0 Å². The lowest BCUT2D eigenvalue weighted by Gasteiger charge is -2.07. The van der Waals surface area contributed by atoms with E-state index in [1.165, 1.54) is 0 Å². The summed E-state index contributed by atoms with van der Waals surface area (Å²) < 4.78 is 0. The first kappa shape index (κ1) is 17.0. The molecule has 1 fully saturated rings. The SMILES string of the molecule is CC1CC1C(=O)Nc1ccc(C(=O)NCCCCC(N)=O)cc1. The van der Waals surface area contributed by atoms with Gasteiger partial charge in [0.1, 0.15) is 0 Å². The van der Waals surface area contributed by atoms with Crippen LogP contribution in [0.15, 0.2) is 24.3 Å². The van der Waals surface area contributed by atoms with Crippen LogP contribution in [0.4, 0.5) is 5.69 Å². The van der Waals surface area contributed by atoms with Crippen molar-refractivity contribution in [1.82, 2.24) is 5.32 Å². The summed E-state index contributed by atoms with van der Waals surface area (Å²) >= 11 is 0. The largest absolute Gasteiger partial charge is 0.370 e. The third-order valence-corrected chi connectivity index (χ3v) is 4.00. The predicted octanol–water partition coefficient (Wildman–Crippen LogP) is 1.67. The van der Waals surface area contributed by atoms with Crippen LogP contribution in [-0.2, 0) is 9.59 Å².